The van der Waals surface area contributed by atoms with Crippen LogP contribution in [0, 0.1) is 11.6 Å². The lowest BCUT2D eigenvalue weighted by atomic mass is 10.2. The highest BCUT2D eigenvalue weighted by Gasteiger charge is 2.15. The first kappa shape index (κ1) is 13.5. The number of hydrogen-bond donors (Lipinski definition) is 2. The predicted octanol–water partition coefficient (Wildman–Crippen LogP) is 4.01. The molecule has 1 amide bonds. The van der Waals surface area contributed by atoms with Gasteiger partial charge >= 0.3 is 0 Å². The smallest absolute Gasteiger partial charge is 0.265 e. The van der Waals surface area contributed by atoms with Crippen LogP contribution >= 0.6 is 11.3 Å². The van der Waals surface area contributed by atoms with Crippen LogP contribution in [0.3, 0.4) is 0 Å². The minimum absolute atomic E-state index is 0.359. The molecule has 0 radical (unpaired) electrons. The number of carbonyl (C=O) groups excluding carboxylic acids is 1. The largest absolute Gasteiger partial charge is 0.399 e. The number of nitrogen functional groups attached to an aromatic ring is 1. The second-order valence-corrected chi connectivity index (χ2v) is 5.54. The van der Waals surface area contributed by atoms with Crippen LogP contribution in [0.5, 0.6) is 0 Å². The van der Waals surface area contributed by atoms with E-state index in [4.69, 9.17) is 5.73 Å². The highest BCUT2D eigenvalue weighted by molar-refractivity contribution is 7.20. The molecule has 0 bridgehead atoms. The van der Waals surface area contributed by atoms with E-state index in [0.717, 1.165) is 22.2 Å². The normalized spacial score (nSPS) is 10.8. The van der Waals surface area contributed by atoms with Crippen molar-refractivity contribution in [1.29, 1.82) is 0 Å². The van der Waals surface area contributed by atoms with Gasteiger partial charge in [0, 0.05) is 10.4 Å². The lowest BCUT2D eigenvalue weighted by Gasteiger charge is -2.05. The van der Waals surface area contributed by atoms with Crippen molar-refractivity contribution in [2.45, 2.75) is 0 Å². The van der Waals surface area contributed by atoms with Gasteiger partial charge < -0.3 is 11.1 Å². The zero-order valence-corrected chi connectivity index (χ0v) is 11.5. The topological polar surface area (TPSA) is 55.1 Å². The van der Waals surface area contributed by atoms with Gasteiger partial charge in [-0.1, -0.05) is 6.07 Å². The van der Waals surface area contributed by atoms with Crippen molar-refractivity contribution in [2.24, 2.45) is 0 Å². The van der Waals surface area contributed by atoms with Crippen LogP contribution in [0.2, 0.25) is 0 Å². The molecule has 3 N–H and O–H groups in total. The Bertz CT molecular complexity index is 825. The fourth-order valence-electron chi connectivity index (χ4n) is 1.97. The Balaban J connectivity index is 1.94. The monoisotopic (exact) mass is 304 g/mol. The number of rotatable bonds is 2. The molecular weight excluding hydrogens is 294 g/mol. The number of amides is 1. The number of nitrogens with one attached hydrogen (secondary N) is 1. The Kier molecular flexibility index (Phi) is 3.31. The lowest BCUT2D eigenvalue weighted by Crippen LogP contribution is -2.12. The molecule has 0 saturated carbocycles. The first-order valence-electron chi connectivity index (χ1n) is 6.09. The Morgan fingerprint density at radius 3 is 2.52 bits per heavy atom. The second kappa shape index (κ2) is 5.14. The van der Waals surface area contributed by atoms with Gasteiger partial charge in [0.25, 0.3) is 5.91 Å². The maximum Gasteiger partial charge on any atom is 0.265 e. The van der Waals surface area contributed by atoms with Crippen molar-refractivity contribution in [3.05, 3.63) is 59.0 Å². The minimum atomic E-state index is -0.811. The molecule has 0 unspecified atom stereocenters. The van der Waals surface area contributed by atoms with E-state index < -0.39 is 23.2 Å². The number of thiophene rings is 1. The van der Waals surface area contributed by atoms with Gasteiger partial charge in [0.05, 0.1) is 4.88 Å². The van der Waals surface area contributed by atoms with Gasteiger partial charge in [-0.25, -0.2) is 8.78 Å². The average molecular weight is 304 g/mol. The predicted molar refractivity (Wildman–Crippen MR) is 80.5 cm³/mol. The number of carbonyl (C=O) groups is 1. The molecule has 0 atom stereocenters. The van der Waals surface area contributed by atoms with E-state index in [9.17, 15) is 13.6 Å². The summed E-state index contributed by atoms with van der Waals surface area (Å²) in [5, 5.41) is 3.08. The van der Waals surface area contributed by atoms with Crippen LogP contribution in [0.15, 0.2) is 42.5 Å². The number of halogens is 2. The van der Waals surface area contributed by atoms with Crippen LogP contribution in [0.4, 0.5) is 20.2 Å². The van der Waals surface area contributed by atoms with Gasteiger partial charge in [0.15, 0.2) is 0 Å². The summed E-state index contributed by atoms with van der Waals surface area (Å²) < 4.78 is 27.9. The van der Waals surface area contributed by atoms with E-state index in [2.05, 4.69) is 5.32 Å². The number of benzene rings is 2. The molecule has 1 aromatic heterocycles. The Hall–Kier alpha value is -2.47. The molecule has 3 nitrogen and oxygen atoms in total. The van der Waals surface area contributed by atoms with Gasteiger partial charge in [0.1, 0.15) is 17.3 Å². The highest BCUT2D eigenvalue weighted by atomic mass is 32.1. The van der Waals surface area contributed by atoms with Crippen molar-refractivity contribution >= 4 is 38.7 Å². The Morgan fingerprint density at radius 1 is 1.10 bits per heavy atom. The van der Waals surface area contributed by atoms with E-state index >= 15 is 0 Å². The fraction of sp³-hybridized carbons (Fsp3) is 0. The summed E-state index contributed by atoms with van der Waals surface area (Å²) in [6.45, 7) is 0. The summed E-state index contributed by atoms with van der Waals surface area (Å²) in [5.41, 5.74) is 5.82. The summed E-state index contributed by atoms with van der Waals surface area (Å²) >= 11 is 1.23. The Morgan fingerprint density at radius 2 is 1.81 bits per heavy atom. The molecule has 106 valence electrons. The standard InChI is InChI=1S/C15H10F2N2OS/c16-10-2-1-3-11(17)14(10)19-15(20)13-7-8-6-9(18)4-5-12(8)21-13/h1-7H,18H2,(H,19,20). The maximum absolute atomic E-state index is 13.5. The zero-order chi connectivity index (χ0) is 15.0. The number of fused-ring (bicyclic) bond motifs is 1. The highest BCUT2D eigenvalue weighted by Crippen LogP contribution is 2.28. The molecule has 0 saturated heterocycles. The molecule has 3 aromatic rings. The van der Waals surface area contributed by atoms with E-state index in [0.29, 0.717) is 10.6 Å². The summed E-state index contributed by atoms with van der Waals surface area (Å²) in [4.78, 5) is 12.5. The fourth-order valence-corrected chi connectivity index (χ4v) is 2.90. The molecular formula is C15H10F2N2OS. The summed E-state index contributed by atoms with van der Waals surface area (Å²) in [6, 6.07) is 10.3. The molecule has 2 aromatic carbocycles. The van der Waals surface area contributed by atoms with E-state index in [1.807, 2.05) is 0 Å². The van der Waals surface area contributed by atoms with Crippen molar-refractivity contribution in [3.8, 4) is 0 Å². The van der Waals surface area contributed by atoms with Crippen LogP contribution in [0.1, 0.15) is 9.67 Å². The van der Waals surface area contributed by atoms with Gasteiger partial charge in [0.2, 0.25) is 0 Å². The van der Waals surface area contributed by atoms with E-state index in [1.54, 1.807) is 24.3 Å². The average Bonchev–Trinajstić information content (AvgIpc) is 2.86. The molecule has 21 heavy (non-hydrogen) atoms. The molecule has 1 heterocycles. The summed E-state index contributed by atoms with van der Waals surface area (Å²) in [5.74, 6) is -2.18. The molecule has 6 heteroatoms. The summed E-state index contributed by atoms with van der Waals surface area (Å²) in [7, 11) is 0. The molecule has 0 aliphatic heterocycles. The van der Waals surface area contributed by atoms with Crippen molar-refractivity contribution in [2.75, 3.05) is 11.1 Å². The number of nitrogens with two attached hydrogens (primary N) is 1. The minimum Gasteiger partial charge on any atom is -0.399 e. The van der Waals surface area contributed by atoms with Crippen molar-refractivity contribution in [3.63, 3.8) is 0 Å². The van der Waals surface area contributed by atoms with Gasteiger partial charge in [-0.05, 0) is 41.8 Å². The van der Waals surface area contributed by atoms with Crippen molar-refractivity contribution in [1.82, 2.24) is 0 Å². The first-order valence-corrected chi connectivity index (χ1v) is 6.90. The number of anilines is 2. The quantitative estimate of drug-likeness (QED) is 0.703. The van der Waals surface area contributed by atoms with E-state index in [-0.39, 0.29) is 0 Å². The van der Waals surface area contributed by atoms with Crippen LogP contribution in [-0.2, 0) is 0 Å². The van der Waals surface area contributed by atoms with Gasteiger partial charge in [-0.3, -0.25) is 4.79 Å². The van der Waals surface area contributed by atoms with Crippen LogP contribution in [0.25, 0.3) is 10.1 Å². The lowest BCUT2D eigenvalue weighted by molar-refractivity contribution is 0.102. The molecule has 0 spiro atoms. The van der Waals surface area contributed by atoms with Crippen LogP contribution < -0.4 is 11.1 Å². The molecule has 0 fully saturated rings. The number of para-hydroxylation sites is 1. The summed E-state index contributed by atoms with van der Waals surface area (Å²) in [6.07, 6.45) is 0. The van der Waals surface area contributed by atoms with Crippen LogP contribution in [-0.4, -0.2) is 5.91 Å². The SMILES string of the molecule is Nc1ccc2sc(C(=O)Nc3c(F)cccc3F)cc2c1. The van der Waals surface area contributed by atoms with Gasteiger partial charge in [-0.15, -0.1) is 11.3 Å². The molecule has 3 rings (SSSR count). The number of hydrogen-bond acceptors (Lipinski definition) is 3. The zero-order valence-electron chi connectivity index (χ0n) is 10.7. The third-order valence-corrected chi connectivity index (χ3v) is 4.08. The molecule has 0 aliphatic rings. The second-order valence-electron chi connectivity index (χ2n) is 4.46. The third-order valence-electron chi connectivity index (χ3n) is 2.97. The van der Waals surface area contributed by atoms with Crippen molar-refractivity contribution < 1.29 is 13.6 Å². The molecule has 0 aliphatic carbocycles. The van der Waals surface area contributed by atoms with Gasteiger partial charge in [-0.2, -0.15) is 0 Å². The third kappa shape index (κ3) is 2.57. The Labute approximate surface area is 123 Å². The van der Waals surface area contributed by atoms with E-state index in [1.165, 1.54) is 17.4 Å². The first-order chi connectivity index (χ1) is 10.0. The maximum atomic E-state index is 13.5.